The van der Waals surface area contributed by atoms with E-state index in [1.165, 1.54) is 29.2 Å². The monoisotopic (exact) mass is 332 g/mol. The van der Waals surface area contributed by atoms with Gasteiger partial charge in [-0.2, -0.15) is 0 Å². The summed E-state index contributed by atoms with van der Waals surface area (Å²) in [5.74, 6) is -0.636. The first-order chi connectivity index (χ1) is 11.6. The summed E-state index contributed by atoms with van der Waals surface area (Å²) in [6, 6.07) is 12.2. The zero-order chi connectivity index (χ0) is 16.9. The van der Waals surface area contributed by atoms with Crippen LogP contribution in [0.4, 0.5) is 20.2 Å². The molecule has 0 bridgehead atoms. The van der Waals surface area contributed by atoms with Crippen molar-refractivity contribution in [2.75, 3.05) is 42.9 Å². The molecule has 2 N–H and O–H groups in total. The maximum absolute atomic E-state index is 13.0. The van der Waals surface area contributed by atoms with Crippen molar-refractivity contribution in [1.82, 2.24) is 0 Å². The van der Waals surface area contributed by atoms with Gasteiger partial charge in [0.15, 0.2) is 6.54 Å². The molecule has 0 spiro atoms. The summed E-state index contributed by atoms with van der Waals surface area (Å²) in [6.07, 6.45) is 0. The number of rotatable bonds is 4. The van der Waals surface area contributed by atoms with E-state index < -0.39 is 0 Å². The van der Waals surface area contributed by atoms with Crippen molar-refractivity contribution in [2.24, 2.45) is 0 Å². The molecule has 0 atom stereocenters. The fourth-order valence-electron chi connectivity index (χ4n) is 2.88. The minimum atomic E-state index is -0.324. The van der Waals surface area contributed by atoms with E-state index in [-0.39, 0.29) is 17.5 Å². The molecule has 0 aromatic heterocycles. The molecular weight excluding hydrogens is 312 g/mol. The normalized spacial score (nSPS) is 15.3. The molecule has 126 valence electrons. The van der Waals surface area contributed by atoms with E-state index in [1.807, 2.05) is 0 Å². The third kappa shape index (κ3) is 4.29. The quantitative estimate of drug-likeness (QED) is 0.886. The molecule has 1 aliphatic heterocycles. The third-order valence-corrected chi connectivity index (χ3v) is 4.20. The van der Waals surface area contributed by atoms with Gasteiger partial charge < -0.3 is 15.1 Å². The van der Waals surface area contributed by atoms with Crippen LogP contribution in [0.3, 0.4) is 0 Å². The molecule has 1 amide bonds. The lowest BCUT2D eigenvalue weighted by molar-refractivity contribution is -0.892. The van der Waals surface area contributed by atoms with Crippen molar-refractivity contribution < 1.29 is 18.5 Å². The molecule has 0 radical (unpaired) electrons. The zero-order valence-electron chi connectivity index (χ0n) is 13.3. The Morgan fingerprint density at radius 1 is 0.958 bits per heavy atom. The van der Waals surface area contributed by atoms with Gasteiger partial charge in [-0.1, -0.05) is 0 Å². The maximum Gasteiger partial charge on any atom is 0.279 e. The Morgan fingerprint density at radius 3 is 2.08 bits per heavy atom. The van der Waals surface area contributed by atoms with Crippen LogP contribution in [-0.2, 0) is 4.79 Å². The van der Waals surface area contributed by atoms with Gasteiger partial charge in [0.25, 0.3) is 5.91 Å². The minimum Gasteiger partial charge on any atom is -0.360 e. The predicted octanol–water partition coefficient (Wildman–Crippen LogP) is 1.31. The Hall–Kier alpha value is -2.47. The summed E-state index contributed by atoms with van der Waals surface area (Å²) in [5.41, 5.74) is 1.61. The molecule has 0 saturated carbocycles. The lowest BCUT2D eigenvalue weighted by Crippen LogP contribution is -3.15. The van der Waals surface area contributed by atoms with Gasteiger partial charge >= 0.3 is 0 Å². The van der Waals surface area contributed by atoms with E-state index in [9.17, 15) is 13.6 Å². The highest BCUT2D eigenvalue weighted by molar-refractivity contribution is 5.91. The first kappa shape index (κ1) is 16.4. The molecule has 1 saturated heterocycles. The van der Waals surface area contributed by atoms with E-state index in [0.717, 1.165) is 31.9 Å². The molecule has 1 fully saturated rings. The first-order valence-electron chi connectivity index (χ1n) is 8.00. The van der Waals surface area contributed by atoms with Gasteiger partial charge in [0, 0.05) is 11.4 Å². The summed E-state index contributed by atoms with van der Waals surface area (Å²) in [6.45, 7) is 3.71. The van der Waals surface area contributed by atoms with E-state index in [1.54, 1.807) is 24.3 Å². The third-order valence-electron chi connectivity index (χ3n) is 4.20. The van der Waals surface area contributed by atoms with Crippen LogP contribution in [-0.4, -0.2) is 38.6 Å². The minimum absolute atomic E-state index is 0.0770. The lowest BCUT2D eigenvalue weighted by atomic mass is 10.2. The number of hydrogen-bond acceptors (Lipinski definition) is 2. The molecule has 6 heteroatoms. The van der Waals surface area contributed by atoms with Crippen LogP contribution in [0, 0.1) is 11.6 Å². The highest BCUT2D eigenvalue weighted by Crippen LogP contribution is 2.14. The number of hydrogen-bond donors (Lipinski definition) is 2. The van der Waals surface area contributed by atoms with E-state index in [4.69, 9.17) is 0 Å². The average Bonchev–Trinajstić information content (AvgIpc) is 2.58. The van der Waals surface area contributed by atoms with Crippen LogP contribution in [0.2, 0.25) is 0 Å². The standard InChI is InChI=1S/C18H19F2N3O/c19-14-1-5-16(6-2-14)21-18(24)13-22-9-11-23(12-10-22)17-7-3-15(20)4-8-17/h1-8H,9-13H2,(H,21,24)/p+1. The molecular formula is C18H20F2N3O+. The Morgan fingerprint density at radius 2 is 1.50 bits per heavy atom. The molecule has 4 nitrogen and oxygen atoms in total. The molecule has 1 aliphatic rings. The van der Waals surface area contributed by atoms with Crippen molar-refractivity contribution in [1.29, 1.82) is 0 Å². The van der Waals surface area contributed by atoms with Crippen LogP contribution in [0.1, 0.15) is 0 Å². The smallest absolute Gasteiger partial charge is 0.279 e. The highest BCUT2D eigenvalue weighted by atomic mass is 19.1. The molecule has 0 aliphatic carbocycles. The van der Waals surface area contributed by atoms with Crippen LogP contribution in [0.5, 0.6) is 0 Å². The second-order valence-corrected chi connectivity index (χ2v) is 5.95. The summed E-state index contributed by atoms with van der Waals surface area (Å²) >= 11 is 0. The van der Waals surface area contributed by atoms with Crippen molar-refractivity contribution >= 4 is 17.3 Å². The summed E-state index contributed by atoms with van der Waals surface area (Å²) < 4.78 is 25.8. The van der Waals surface area contributed by atoms with Gasteiger partial charge in [-0.05, 0) is 48.5 Å². The van der Waals surface area contributed by atoms with Crippen LogP contribution >= 0.6 is 0 Å². The molecule has 24 heavy (non-hydrogen) atoms. The Bertz CT molecular complexity index is 680. The first-order valence-corrected chi connectivity index (χ1v) is 8.00. The maximum atomic E-state index is 13.0. The SMILES string of the molecule is O=C(C[NH+]1CCN(c2ccc(F)cc2)CC1)Nc1ccc(F)cc1. The molecule has 3 rings (SSSR count). The number of carbonyl (C=O) groups is 1. The number of benzene rings is 2. The van der Waals surface area contributed by atoms with Gasteiger partial charge in [-0.15, -0.1) is 0 Å². The summed E-state index contributed by atoms with van der Waals surface area (Å²) in [4.78, 5) is 15.5. The number of nitrogens with zero attached hydrogens (tertiary/aromatic N) is 1. The predicted molar refractivity (Wildman–Crippen MR) is 89.2 cm³/mol. The number of anilines is 2. The Balaban J connectivity index is 1.47. The van der Waals surface area contributed by atoms with E-state index in [0.29, 0.717) is 12.2 Å². The van der Waals surface area contributed by atoms with Crippen molar-refractivity contribution in [3.8, 4) is 0 Å². The average molecular weight is 332 g/mol. The molecule has 2 aromatic rings. The highest BCUT2D eigenvalue weighted by Gasteiger charge is 2.22. The number of piperazine rings is 1. The van der Waals surface area contributed by atoms with Gasteiger partial charge in [-0.3, -0.25) is 4.79 Å². The number of nitrogens with one attached hydrogen (secondary N) is 2. The molecule has 1 heterocycles. The van der Waals surface area contributed by atoms with Crippen LogP contribution in [0.25, 0.3) is 0 Å². The van der Waals surface area contributed by atoms with Gasteiger partial charge in [0.1, 0.15) is 11.6 Å². The molecule has 0 unspecified atom stereocenters. The van der Waals surface area contributed by atoms with Crippen LogP contribution < -0.4 is 15.1 Å². The van der Waals surface area contributed by atoms with Crippen molar-refractivity contribution in [3.63, 3.8) is 0 Å². The fourth-order valence-corrected chi connectivity index (χ4v) is 2.88. The zero-order valence-corrected chi connectivity index (χ0v) is 13.3. The second-order valence-electron chi connectivity index (χ2n) is 5.95. The Kier molecular flexibility index (Phi) is 5.05. The number of quaternary nitrogens is 1. The topological polar surface area (TPSA) is 36.8 Å². The van der Waals surface area contributed by atoms with Crippen molar-refractivity contribution in [3.05, 3.63) is 60.2 Å². The Labute approximate surface area is 139 Å². The molecule has 2 aromatic carbocycles. The number of amides is 1. The second kappa shape index (κ2) is 7.40. The van der Waals surface area contributed by atoms with Crippen LogP contribution in [0.15, 0.2) is 48.5 Å². The summed E-state index contributed by atoms with van der Waals surface area (Å²) in [7, 11) is 0. The largest absolute Gasteiger partial charge is 0.360 e. The van der Waals surface area contributed by atoms with E-state index in [2.05, 4.69) is 10.2 Å². The summed E-state index contributed by atoms with van der Waals surface area (Å²) in [5, 5.41) is 2.78. The van der Waals surface area contributed by atoms with E-state index >= 15 is 0 Å². The lowest BCUT2D eigenvalue weighted by Gasteiger charge is -2.33. The fraction of sp³-hybridized carbons (Fsp3) is 0.278. The number of halogens is 2. The van der Waals surface area contributed by atoms with Gasteiger partial charge in [0.2, 0.25) is 0 Å². The van der Waals surface area contributed by atoms with Gasteiger partial charge in [-0.25, -0.2) is 8.78 Å². The van der Waals surface area contributed by atoms with Gasteiger partial charge in [0.05, 0.1) is 26.2 Å². The number of carbonyl (C=O) groups excluding carboxylic acids is 1. The van der Waals surface area contributed by atoms with Crippen molar-refractivity contribution in [2.45, 2.75) is 0 Å².